The number of hydrogen-bond donors (Lipinski definition) is 1. The highest BCUT2D eigenvalue weighted by molar-refractivity contribution is 9.10. The number of ether oxygens (including phenoxy) is 1. The molecule has 0 spiro atoms. The van der Waals surface area contributed by atoms with Crippen molar-refractivity contribution in [1.29, 1.82) is 0 Å². The molecular weight excluding hydrogens is 461 g/mol. The molecule has 1 heterocycles. The van der Waals surface area contributed by atoms with E-state index in [1.807, 2.05) is 0 Å². The number of pyridine rings is 1. The van der Waals surface area contributed by atoms with E-state index in [4.69, 9.17) is 16.3 Å². The van der Waals surface area contributed by atoms with Crippen molar-refractivity contribution in [3.05, 3.63) is 51.8 Å². The summed E-state index contributed by atoms with van der Waals surface area (Å²) < 4.78 is 72.1. The standard InChI is InChI=1S/C15H13BrClF3N2O3S/c1-8-5-12(13(16)21-7-8)22-26(23,24)9-3-4-10(14(17)25-2)11(6-9)15(18,19)20/h3-7,14,22H,1-2H3. The number of aryl methyl sites for hydroxylation is 1. The average Bonchev–Trinajstić information content (AvgIpc) is 2.56. The Hall–Kier alpha value is -1.36. The number of rotatable bonds is 5. The lowest BCUT2D eigenvalue weighted by Crippen LogP contribution is -2.17. The second-order valence-corrected chi connectivity index (χ2v) is 8.09. The van der Waals surface area contributed by atoms with Gasteiger partial charge in [-0.15, -0.1) is 0 Å². The number of methoxy groups -OCH3 is 1. The van der Waals surface area contributed by atoms with Crippen LogP contribution in [0.15, 0.2) is 40.0 Å². The Morgan fingerprint density at radius 2 is 1.96 bits per heavy atom. The SMILES string of the molecule is COC(Cl)c1ccc(S(=O)(=O)Nc2cc(C)cnc2Br)cc1C(F)(F)F. The number of hydrogen-bond acceptors (Lipinski definition) is 4. The van der Waals surface area contributed by atoms with Crippen molar-refractivity contribution < 1.29 is 26.3 Å². The van der Waals surface area contributed by atoms with Crippen LogP contribution in [0.25, 0.3) is 0 Å². The van der Waals surface area contributed by atoms with Crippen LogP contribution in [-0.2, 0) is 20.9 Å². The molecule has 1 aromatic carbocycles. The second-order valence-electron chi connectivity index (χ2n) is 5.26. The van der Waals surface area contributed by atoms with E-state index in [-0.39, 0.29) is 15.9 Å². The quantitative estimate of drug-likeness (QED) is 0.498. The molecule has 26 heavy (non-hydrogen) atoms. The first-order chi connectivity index (χ1) is 12.0. The van der Waals surface area contributed by atoms with E-state index in [0.29, 0.717) is 11.6 Å². The highest BCUT2D eigenvalue weighted by Crippen LogP contribution is 2.38. The van der Waals surface area contributed by atoms with Crippen molar-refractivity contribution in [2.24, 2.45) is 0 Å². The van der Waals surface area contributed by atoms with Crippen molar-refractivity contribution in [2.45, 2.75) is 23.6 Å². The van der Waals surface area contributed by atoms with E-state index >= 15 is 0 Å². The number of halogens is 5. The first-order valence-electron chi connectivity index (χ1n) is 6.98. The average molecular weight is 474 g/mol. The molecule has 1 unspecified atom stereocenters. The Bertz CT molecular complexity index is 923. The molecule has 11 heteroatoms. The van der Waals surface area contributed by atoms with Crippen molar-refractivity contribution >= 4 is 43.2 Å². The maximum atomic E-state index is 13.3. The van der Waals surface area contributed by atoms with Crippen LogP contribution in [0.4, 0.5) is 18.9 Å². The number of aromatic nitrogens is 1. The largest absolute Gasteiger partial charge is 0.416 e. The van der Waals surface area contributed by atoms with Gasteiger partial charge in [-0.2, -0.15) is 13.2 Å². The van der Waals surface area contributed by atoms with Gasteiger partial charge in [-0.3, -0.25) is 4.72 Å². The minimum Gasteiger partial charge on any atom is -0.361 e. The van der Waals surface area contributed by atoms with Crippen LogP contribution < -0.4 is 4.72 Å². The minimum absolute atomic E-state index is 0.106. The lowest BCUT2D eigenvalue weighted by Gasteiger charge is -2.18. The molecule has 0 aliphatic carbocycles. The van der Waals surface area contributed by atoms with Gasteiger partial charge in [0.25, 0.3) is 10.0 Å². The molecule has 0 saturated heterocycles. The predicted octanol–water partition coefficient (Wildman–Crippen LogP) is 4.86. The highest BCUT2D eigenvalue weighted by Gasteiger charge is 2.36. The van der Waals surface area contributed by atoms with Crippen LogP contribution >= 0.6 is 27.5 Å². The van der Waals surface area contributed by atoms with Gasteiger partial charge in [0, 0.05) is 18.9 Å². The molecule has 2 aromatic rings. The molecule has 0 saturated carbocycles. The van der Waals surface area contributed by atoms with Crippen LogP contribution in [0.3, 0.4) is 0 Å². The first kappa shape index (κ1) is 20.9. The molecule has 1 aromatic heterocycles. The summed E-state index contributed by atoms with van der Waals surface area (Å²) in [7, 11) is -3.14. The number of sulfonamides is 1. The van der Waals surface area contributed by atoms with Crippen LogP contribution in [0.5, 0.6) is 0 Å². The molecule has 1 N–H and O–H groups in total. The Kier molecular flexibility index (Phi) is 6.21. The summed E-state index contributed by atoms with van der Waals surface area (Å²) in [5, 5.41) is 0. The summed E-state index contributed by atoms with van der Waals surface area (Å²) in [5.41, 5.74) is -2.16. The third kappa shape index (κ3) is 4.67. The van der Waals surface area contributed by atoms with Crippen molar-refractivity contribution in [2.75, 3.05) is 11.8 Å². The third-order valence-corrected chi connectivity index (χ3v) is 5.72. The third-order valence-electron chi connectivity index (χ3n) is 3.31. The normalized spacial score (nSPS) is 13.5. The van der Waals surface area contributed by atoms with Gasteiger partial charge in [0.05, 0.1) is 16.1 Å². The smallest absolute Gasteiger partial charge is 0.361 e. The van der Waals surface area contributed by atoms with Gasteiger partial charge in [0.2, 0.25) is 0 Å². The predicted molar refractivity (Wildman–Crippen MR) is 94.5 cm³/mol. The number of benzene rings is 1. The van der Waals surface area contributed by atoms with E-state index in [2.05, 4.69) is 25.6 Å². The zero-order valence-electron chi connectivity index (χ0n) is 13.4. The Labute approximate surface area is 161 Å². The summed E-state index contributed by atoms with van der Waals surface area (Å²) >= 11 is 8.82. The number of alkyl halides is 4. The van der Waals surface area contributed by atoms with Gasteiger partial charge < -0.3 is 4.74 Å². The van der Waals surface area contributed by atoms with Crippen molar-refractivity contribution in [3.63, 3.8) is 0 Å². The number of nitrogens with zero attached hydrogens (tertiary/aromatic N) is 1. The number of anilines is 1. The van der Waals surface area contributed by atoms with E-state index in [9.17, 15) is 21.6 Å². The fourth-order valence-corrected chi connectivity index (χ4v) is 3.82. The molecule has 0 bridgehead atoms. The van der Waals surface area contributed by atoms with Crippen LogP contribution in [0.2, 0.25) is 0 Å². The van der Waals surface area contributed by atoms with E-state index in [1.54, 1.807) is 6.92 Å². The van der Waals surface area contributed by atoms with Gasteiger partial charge in [-0.05, 0) is 46.6 Å². The monoisotopic (exact) mass is 472 g/mol. The molecule has 1 atom stereocenters. The van der Waals surface area contributed by atoms with Crippen molar-refractivity contribution in [1.82, 2.24) is 4.98 Å². The fraction of sp³-hybridized carbons (Fsp3) is 0.267. The number of nitrogens with one attached hydrogen (secondary N) is 1. The molecule has 0 amide bonds. The van der Waals surface area contributed by atoms with E-state index < -0.39 is 32.2 Å². The summed E-state index contributed by atoms with van der Waals surface area (Å²) in [6.45, 7) is 1.69. The lowest BCUT2D eigenvalue weighted by atomic mass is 10.1. The van der Waals surface area contributed by atoms with Gasteiger partial charge in [0.15, 0.2) is 5.56 Å². The Morgan fingerprint density at radius 3 is 2.54 bits per heavy atom. The molecular formula is C15H13BrClF3N2O3S. The summed E-state index contributed by atoms with van der Waals surface area (Å²) in [5.74, 6) is 0. The molecule has 2 rings (SSSR count). The molecule has 0 radical (unpaired) electrons. The summed E-state index contributed by atoms with van der Waals surface area (Å²) in [4.78, 5) is 3.37. The second kappa shape index (κ2) is 7.71. The van der Waals surface area contributed by atoms with Crippen LogP contribution in [-0.4, -0.2) is 20.5 Å². The summed E-state index contributed by atoms with van der Waals surface area (Å²) in [6, 6.07) is 4.01. The van der Waals surface area contributed by atoms with Gasteiger partial charge >= 0.3 is 6.18 Å². The van der Waals surface area contributed by atoms with Crippen LogP contribution in [0.1, 0.15) is 22.3 Å². The Morgan fingerprint density at radius 1 is 1.31 bits per heavy atom. The molecule has 5 nitrogen and oxygen atoms in total. The lowest BCUT2D eigenvalue weighted by molar-refractivity contribution is -0.139. The summed E-state index contributed by atoms with van der Waals surface area (Å²) in [6.07, 6.45) is -3.30. The van der Waals surface area contributed by atoms with Gasteiger partial charge in [0.1, 0.15) is 4.60 Å². The first-order valence-corrected chi connectivity index (χ1v) is 9.70. The van der Waals surface area contributed by atoms with Gasteiger partial charge in [-0.25, -0.2) is 13.4 Å². The van der Waals surface area contributed by atoms with E-state index in [0.717, 1.165) is 19.2 Å². The minimum atomic E-state index is -4.81. The topological polar surface area (TPSA) is 68.3 Å². The Balaban J connectivity index is 2.51. The van der Waals surface area contributed by atoms with E-state index in [1.165, 1.54) is 12.3 Å². The highest BCUT2D eigenvalue weighted by atomic mass is 79.9. The van der Waals surface area contributed by atoms with Crippen molar-refractivity contribution in [3.8, 4) is 0 Å². The molecule has 0 fully saturated rings. The van der Waals surface area contributed by atoms with Gasteiger partial charge in [-0.1, -0.05) is 17.7 Å². The fourth-order valence-electron chi connectivity index (χ4n) is 2.10. The molecule has 142 valence electrons. The zero-order valence-corrected chi connectivity index (χ0v) is 16.6. The molecule has 0 aliphatic rings. The maximum Gasteiger partial charge on any atom is 0.416 e. The van der Waals surface area contributed by atoms with Crippen LogP contribution in [0, 0.1) is 6.92 Å². The zero-order chi connectivity index (χ0) is 19.7. The maximum absolute atomic E-state index is 13.3. The molecule has 0 aliphatic heterocycles.